The molecule has 1 nitrogen and oxygen atoms in total. The predicted octanol–water partition coefficient (Wildman–Crippen LogP) is 5.52. The van der Waals surface area contributed by atoms with Crippen molar-refractivity contribution >= 4 is 46.1 Å². The Bertz CT molecular complexity index is 580. The van der Waals surface area contributed by atoms with E-state index >= 15 is 0 Å². The molecule has 2 aromatic rings. The molecule has 1 heterocycles. The van der Waals surface area contributed by atoms with E-state index in [0.717, 1.165) is 27.4 Å². The summed E-state index contributed by atoms with van der Waals surface area (Å²) in [6.07, 6.45) is 0.759. The first kappa shape index (κ1) is 15.1. The molecule has 0 fully saturated rings. The van der Waals surface area contributed by atoms with Gasteiger partial charge >= 0.3 is 0 Å². The third-order valence-electron chi connectivity index (χ3n) is 3.05. The first-order valence-corrected chi connectivity index (χ1v) is 7.89. The number of thiophene rings is 1. The molecular formula is C14H14Cl3NS. The molecule has 102 valence electrons. The first-order chi connectivity index (χ1) is 9.04. The van der Waals surface area contributed by atoms with E-state index in [1.165, 1.54) is 0 Å². The largest absolute Gasteiger partial charge is 0.312 e. The molecule has 1 unspecified atom stereocenters. The van der Waals surface area contributed by atoms with Gasteiger partial charge in [-0.25, -0.2) is 0 Å². The molecule has 5 heteroatoms. The van der Waals surface area contributed by atoms with Gasteiger partial charge in [0.15, 0.2) is 0 Å². The van der Waals surface area contributed by atoms with E-state index in [2.05, 4.69) is 10.7 Å². The normalized spacial score (nSPS) is 12.7. The van der Waals surface area contributed by atoms with Crippen LogP contribution in [0.15, 0.2) is 23.6 Å². The molecule has 1 atom stereocenters. The van der Waals surface area contributed by atoms with Crippen LogP contribution in [0.3, 0.4) is 0 Å². The Kier molecular flexibility index (Phi) is 5.15. The van der Waals surface area contributed by atoms with E-state index < -0.39 is 0 Å². The lowest BCUT2D eigenvalue weighted by Gasteiger charge is -2.16. The van der Waals surface area contributed by atoms with Crippen LogP contribution in [0.1, 0.15) is 22.0 Å². The molecule has 1 aromatic carbocycles. The molecule has 0 saturated carbocycles. The smallest absolute Gasteiger partial charge is 0.0624 e. The van der Waals surface area contributed by atoms with Gasteiger partial charge < -0.3 is 5.32 Å². The van der Waals surface area contributed by atoms with Gasteiger partial charge in [-0.15, -0.1) is 11.3 Å². The first-order valence-electron chi connectivity index (χ1n) is 5.88. The van der Waals surface area contributed by atoms with Crippen LogP contribution in [0.4, 0.5) is 0 Å². The minimum Gasteiger partial charge on any atom is -0.312 e. The molecule has 1 aromatic heterocycles. The van der Waals surface area contributed by atoms with Gasteiger partial charge in [0.25, 0.3) is 0 Å². The maximum atomic E-state index is 6.33. The van der Waals surface area contributed by atoms with Gasteiger partial charge in [-0.2, -0.15) is 0 Å². The summed E-state index contributed by atoms with van der Waals surface area (Å²) < 4.78 is 0. The van der Waals surface area contributed by atoms with Crippen LogP contribution in [0.2, 0.25) is 15.1 Å². The SMILES string of the molecule is CNC(Cc1cccc(Cl)c1Cl)c1scc(C)c1Cl. The van der Waals surface area contributed by atoms with Gasteiger partial charge in [0.1, 0.15) is 0 Å². The number of benzene rings is 1. The van der Waals surface area contributed by atoms with Crippen molar-refractivity contribution in [1.29, 1.82) is 0 Å². The quantitative estimate of drug-likeness (QED) is 0.776. The van der Waals surface area contributed by atoms with Crippen LogP contribution < -0.4 is 5.32 Å². The molecular weight excluding hydrogens is 321 g/mol. The highest BCUT2D eigenvalue weighted by Crippen LogP contribution is 2.35. The van der Waals surface area contributed by atoms with Crippen LogP contribution >= 0.6 is 46.1 Å². The summed E-state index contributed by atoms with van der Waals surface area (Å²) in [7, 11) is 1.93. The number of rotatable bonds is 4. The van der Waals surface area contributed by atoms with Gasteiger partial charge in [0, 0.05) is 10.9 Å². The summed E-state index contributed by atoms with van der Waals surface area (Å²) in [5, 5.41) is 7.40. The Morgan fingerprint density at radius 3 is 2.53 bits per heavy atom. The summed E-state index contributed by atoms with van der Waals surface area (Å²) in [4.78, 5) is 1.14. The molecule has 0 aliphatic rings. The fourth-order valence-corrected chi connectivity index (χ4v) is 3.77. The van der Waals surface area contributed by atoms with Gasteiger partial charge in [-0.3, -0.25) is 0 Å². The second-order valence-electron chi connectivity index (χ2n) is 4.36. The minimum atomic E-state index is 0.141. The van der Waals surface area contributed by atoms with Gasteiger partial charge in [0.2, 0.25) is 0 Å². The highest BCUT2D eigenvalue weighted by Gasteiger charge is 2.18. The van der Waals surface area contributed by atoms with Gasteiger partial charge in [-0.05, 0) is 43.0 Å². The van der Waals surface area contributed by atoms with E-state index in [0.29, 0.717) is 10.0 Å². The van der Waals surface area contributed by atoms with E-state index in [1.54, 1.807) is 17.4 Å². The molecule has 1 N–H and O–H groups in total. The summed E-state index contributed by atoms with van der Waals surface area (Å²) in [6.45, 7) is 2.02. The number of hydrogen-bond donors (Lipinski definition) is 1. The van der Waals surface area contributed by atoms with Crippen molar-refractivity contribution in [3.05, 3.63) is 54.7 Å². The summed E-state index contributed by atoms with van der Waals surface area (Å²) in [6, 6.07) is 5.84. The Morgan fingerprint density at radius 1 is 1.21 bits per heavy atom. The Hall–Kier alpha value is -0.250. The van der Waals surface area contributed by atoms with Crippen LogP contribution in [-0.4, -0.2) is 7.05 Å². The van der Waals surface area contributed by atoms with Crippen molar-refractivity contribution in [2.24, 2.45) is 0 Å². The van der Waals surface area contributed by atoms with Crippen LogP contribution in [0, 0.1) is 6.92 Å². The summed E-state index contributed by atoms with van der Waals surface area (Å²) >= 11 is 20.3. The van der Waals surface area contributed by atoms with Crippen molar-refractivity contribution < 1.29 is 0 Å². The highest BCUT2D eigenvalue weighted by molar-refractivity contribution is 7.10. The van der Waals surface area contributed by atoms with E-state index in [1.807, 2.05) is 26.1 Å². The maximum Gasteiger partial charge on any atom is 0.0624 e. The van der Waals surface area contributed by atoms with Crippen molar-refractivity contribution in [1.82, 2.24) is 5.32 Å². The zero-order chi connectivity index (χ0) is 14.0. The third kappa shape index (κ3) is 3.26. The Morgan fingerprint density at radius 2 is 1.95 bits per heavy atom. The fraction of sp³-hybridized carbons (Fsp3) is 0.286. The zero-order valence-corrected chi connectivity index (χ0v) is 13.7. The van der Waals surface area contributed by atoms with Crippen LogP contribution in [-0.2, 0) is 6.42 Å². The van der Waals surface area contributed by atoms with E-state index in [4.69, 9.17) is 34.8 Å². The zero-order valence-electron chi connectivity index (χ0n) is 10.6. The molecule has 19 heavy (non-hydrogen) atoms. The Balaban J connectivity index is 2.29. The van der Waals surface area contributed by atoms with Crippen molar-refractivity contribution in [2.45, 2.75) is 19.4 Å². The fourth-order valence-electron chi connectivity index (χ4n) is 1.94. The number of nitrogens with one attached hydrogen (secondary N) is 1. The highest BCUT2D eigenvalue weighted by atomic mass is 35.5. The average Bonchev–Trinajstić information content (AvgIpc) is 2.72. The second kappa shape index (κ2) is 6.47. The minimum absolute atomic E-state index is 0.141. The molecule has 0 spiro atoms. The number of hydrogen-bond acceptors (Lipinski definition) is 2. The lowest BCUT2D eigenvalue weighted by Crippen LogP contribution is -2.18. The maximum absolute atomic E-state index is 6.33. The molecule has 0 aliphatic heterocycles. The number of likely N-dealkylation sites (N-methyl/N-ethyl adjacent to an activating group) is 1. The lowest BCUT2D eigenvalue weighted by molar-refractivity contribution is 0.602. The van der Waals surface area contributed by atoms with Crippen LogP contribution in [0.5, 0.6) is 0 Å². The average molecular weight is 335 g/mol. The van der Waals surface area contributed by atoms with Gasteiger partial charge in [-0.1, -0.05) is 46.9 Å². The topological polar surface area (TPSA) is 12.0 Å². The van der Waals surface area contributed by atoms with Gasteiger partial charge in [0.05, 0.1) is 15.1 Å². The second-order valence-corrected chi connectivity index (χ2v) is 6.43. The van der Waals surface area contributed by atoms with Crippen LogP contribution in [0.25, 0.3) is 0 Å². The molecule has 0 saturated heterocycles. The summed E-state index contributed by atoms with van der Waals surface area (Å²) in [5.74, 6) is 0. The molecule has 0 amide bonds. The summed E-state index contributed by atoms with van der Waals surface area (Å²) in [5.41, 5.74) is 2.13. The van der Waals surface area contributed by atoms with E-state index in [9.17, 15) is 0 Å². The molecule has 0 bridgehead atoms. The molecule has 2 rings (SSSR count). The number of aryl methyl sites for hydroxylation is 1. The molecule has 0 radical (unpaired) electrons. The Labute approximate surface area is 132 Å². The number of halogens is 3. The van der Waals surface area contributed by atoms with E-state index in [-0.39, 0.29) is 6.04 Å². The molecule has 0 aliphatic carbocycles. The third-order valence-corrected chi connectivity index (χ3v) is 5.73. The lowest BCUT2D eigenvalue weighted by atomic mass is 10.0. The predicted molar refractivity (Wildman–Crippen MR) is 86.0 cm³/mol. The van der Waals surface area contributed by atoms with Crippen molar-refractivity contribution in [2.75, 3.05) is 7.05 Å². The standard InChI is InChI=1S/C14H14Cl3NS/c1-8-7-19-14(12(8)16)11(18-2)6-9-4-3-5-10(15)13(9)17/h3-5,7,11,18H,6H2,1-2H3. The van der Waals surface area contributed by atoms with Crippen molar-refractivity contribution in [3.8, 4) is 0 Å². The monoisotopic (exact) mass is 333 g/mol. The van der Waals surface area contributed by atoms with Crippen molar-refractivity contribution in [3.63, 3.8) is 0 Å².